The maximum atomic E-state index is 13.2. The maximum Gasteiger partial charge on any atom is 0.204 e. The van der Waals surface area contributed by atoms with Crippen LogP contribution >= 0.6 is 0 Å². The Bertz CT molecular complexity index is 904. The van der Waals surface area contributed by atoms with Crippen LogP contribution in [0.1, 0.15) is 35.7 Å². The summed E-state index contributed by atoms with van der Waals surface area (Å²) in [6.45, 7) is 4.00. The molecule has 3 aromatic rings. The molecule has 0 atom stereocenters. The average molecular weight is 342 g/mol. The highest BCUT2D eigenvalue weighted by atomic mass is 19.2. The van der Waals surface area contributed by atoms with Crippen molar-refractivity contribution in [1.82, 2.24) is 20.2 Å². The predicted molar refractivity (Wildman–Crippen MR) is 88.0 cm³/mol. The zero-order chi connectivity index (χ0) is 18.0. The summed E-state index contributed by atoms with van der Waals surface area (Å²) in [5.41, 5.74) is 2.04. The van der Waals surface area contributed by atoms with Gasteiger partial charge in [-0.2, -0.15) is 4.80 Å². The number of hydrogen-bond acceptors (Lipinski definition) is 4. The lowest BCUT2D eigenvalue weighted by Gasteiger charge is -2.04. The molecule has 1 heterocycles. The van der Waals surface area contributed by atoms with Crippen molar-refractivity contribution >= 4 is 5.78 Å². The fourth-order valence-corrected chi connectivity index (χ4v) is 2.33. The minimum atomic E-state index is -1.07. The maximum absolute atomic E-state index is 13.2. The van der Waals surface area contributed by atoms with Gasteiger partial charge in [-0.25, -0.2) is 8.78 Å². The fourth-order valence-electron chi connectivity index (χ4n) is 2.33. The van der Waals surface area contributed by atoms with Crippen LogP contribution in [-0.2, 0) is 6.54 Å². The Morgan fingerprint density at radius 2 is 1.80 bits per heavy atom. The van der Waals surface area contributed by atoms with E-state index in [-0.39, 0.29) is 12.1 Å². The molecule has 0 amide bonds. The zero-order valence-electron chi connectivity index (χ0n) is 13.8. The Labute approximate surface area is 143 Å². The number of ketones is 1. The van der Waals surface area contributed by atoms with E-state index in [9.17, 15) is 13.6 Å². The van der Waals surface area contributed by atoms with Crippen molar-refractivity contribution in [2.45, 2.75) is 26.3 Å². The molecular formula is C18H16F2N4O. The number of carbonyl (C=O) groups excluding carboxylic acids is 1. The second-order valence-electron chi connectivity index (χ2n) is 5.97. The molecule has 0 N–H and O–H groups in total. The zero-order valence-corrected chi connectivity index (χ0v) is 13.8. The number of hydrogen-bond donors (Lipinski definition) is 0. The summed E-state index contributed by atoms with van der Waals surface area (Å²) in [4.78, 5) is 13.3. The first-order chi connectivity index (χ1) is 11.9. The topological polar surface area (TPSA) is 60.7 Å². The Morgan fingerprint density at radius 3 is 2.44 bits per heavy atom. The van der Waals surface area contributed by atoms with Gasteiger partial charge in [-0.3, -0.25) is 4.79 Å². The summed E-state index contributed by atoms with van der Waals surface area (Å²) < 4.78 is 26.1. The van der Waals surface area contributed by atoms with E-state index in [0.29, 0.717) is 11.7 Å². The van der Waals surface area contributed by atoms with Gasteiger partial charge in [-0.1, -0.05) is 38.1 Å². The van der Waals surface area contributed by atoms with E-state index in [2.05, 4.69) is 29.3 Å². The van der Waals surface area contributed by atoms with E-state index >= 15 is 0 Å². The molecule has 0 aliphatic heterocycles. The first-order valence-corrected chi connectivity index (χ1v) is 7.80. The van der Waals surface area contributed by atoms with Crippen molar-refractivity contribution in [3.8, 4) is 11.4 Å². The van der Waals surface area contributed by atoms with E-state index in [1.54, 1.807) is 0 Å². The average Bonchev–Trinajstić information content (AvgIpc) is 3.05. The quantitative estimate of drug-likeness (QED) is 0.665. The second kappa shape index (κ2) is 6.88. The molecule has 3 rings (SSSR count). The van der Waals surface area contributed by atoms with Gasteiger partial charge in [0.25, 0.3) is 0 Å². The molecule has 2 aromatic carbocycles. The molecule has 0 bridgehead atoms. The minimum Gasteiger partial charge on any atom is -0.292 e. The lowest BCUT2D eigenvalue weighted by atomic mass is 10.0. The molecule has 128 valence electrons. The van der Waals surface area contributed by atoms with Crippen molar-refractivity contribution in [3.63, 3.8) is 0 Å². The molecule has 0 radical (unpaired) electrons. The van der Waals surface area contributed by atoms with Crippen LogP contribution in [0.5, 0.6) is 0 Å². The molecule has 0 fully saturated rings. The highest BCUT2D eigenvalue weighted by molar-refractivity contribution is 5.95. The lowest BCUT2D eigenvalue weighted by Crippen LogP contribution is -2.13. The van der Waals surface area contributed by atoms with Crippen LogP contribution in [0.4, 0.5) is 8.78 Å². The minimum absolute atomic E-state index is 0.0547. The third kappa shape index (κ3) is 3.76. The molecule has 0 aliphatic rings. The number of nitrogens with zero attached hydrogens (tertiary/aromatic N) is 4. The molecule has 1 aromatic heterocycles. The third-order valence-electron chi connectivity index (χ3n) is 3.81. The van der Waals surface area contributed by atoms with Crippen LogP contribution in [-0.4, -0.2) is 26.0 Å². The Kier molecular flexibility index (Phi) is 4.65. The van der Waals surface area contributed by atoms with Gasteiger partial charge in [-0.05, 0) is 34.9 Å². The normalized spacial score (nSPS) is 11.1. The van der Waals surface area contributed by atoms with Crippen LogP contribution in [0.15, 0.2) is 42.5 Å². The molecule has 0 unspecified atom stereocenters. The van der Waals surface area contributed by atoms with Gasteiger partial charge in [0.15, 0.2) is 17.4 Å². The molecule has 0 spiro atoms. The molecule has 0 saturated heterocycles. The smallest absolute Gasteiger partial charge is 0.204 e. The van der Waals surface area contributed by atoms with Gasteiger partial charge >= 0.3 is 0 Å². The van der Waals surface area contributed by atoms with Gasteiger partial charge in [0.1, 0.15) is 6.54 Å². The summed E-state index contributed by atoms with van der Waals surface area (Å²) in [5, 5.41) is 11.9. The van der Waals surface area contributed by atoms with E-state index < -0.39 is 17.4 Å². The summed E-state index contributed by atoms with van der Waals surface area (Å²) >= 11 is 0. The van der Waals surface area contributed by atoms with Crippen LogP contribution in [0.25, 0.3) is 11.4 Å². The lowest BCUT2D eigenvalue weighted by molar-refractivity contribution is 0.0961. The van der Waals surface area contributed by atoms with E-state index in [1.165, 1.54) is 11.6 Å². The molecular weight excluding hydrogens is 326 g/mol. The number of rotatable bonds is 5. The molecule has 25 heavy (non-hydrogen) atoms. The first kappa shape index (κ1) is 16.9. The van der Waals surface area contributed by atoms with Crippen molar-refractivity contribution in [2.24, 2.45) is 0 Å². The van der Waals surface area contributed by atoms with Gasteiger partial charge in [0.2, 0.25) is 5.82 Å². The van der Waals surface area contributed by atoms with Crippen molar-refractivity contribution in [2.75, 3.05) is 0 Å². The fraction of sp³-hybridized carbons (Fsp3) is 0.222. The monoisotopic (exact) mass is 342 g/mol. The van der Waals surface area contributed by atoms with Gasteiger partial charge in [0, 0.05) is 11.1 Å². The van der Waals surface area contributed by atoms with Crippen LogP contribution in [0.3, 0.4) is 0 Å². The van der Waals surface area contributed by atoms with Crippen LogP contribution in [0, 0.1) is 11.6 Å². The van der Waals surface area contributed by atoms with Gasteiger partial charge in [0.05, 0.1) is 0 Å². The largest absolute Gasteiger partial charge is 0.292 e. The SMILES string of the molecule is CC(C)c1ccc(-c2nnn(CC(=O)c3ccc(F)c(F)c3)n2)cc1. The van der Waals surface area contributed by atoms with Crippen molar-refractivity contribution in [1.29, 1.82) is 0 Å². The number of carbonyl (C=O) groups is 1. The van der Waals surface area contributed by atoms with Crippen molar-refractivity contribution in [3.05, 3.63) is 65.2 Å². The van der Waals surface area contributed by atoms with Crippen molar-refractivity contribution < 1.29 is 13.6 Å². The van der Waals surface area contributed by atoms with Gasteiger partial charge in [-0.15, -0.1) is 10.2 Å². The Morgan fingerprint density at radius 1 is 1.08 bits per heavy atom. The molecule has 7 heteroatoms. The number of tetrazole rings is 1. The van der Waals surface area contributed by atoms with Crippen LogP contribution in [0.2, 0.25) is 0 Å². The second-order valence-corrected chi connectivity index (χ2v) is 5.97. The molecule has 0 saturated carbocycles. The van der Waals surface area contributed by atoms with E-state index in [1.807, 2.05) is 24.3 Å². The number of Topliss-reactive ketones (excluding diaryl/α,β-unsaturated/α-hetero) is 1. The third-order valence-corrected chi connectivity index (χ3v) is 3.81. The summed E-state index contributed by atoms with van der Waals surface area (Å²) in [7, 11) is 0. The highest BCUT2D eigenvalue weighted by Gasteiger charge is 2.13. The predicted octanol–water partition coefficient (Wildman–Crippen LogP) is 3.62. The van der Waals surface area contributed by atoms with Crippen LogP contribution < -0.4 is 0 Å². The van der Waals surface area contributed by atoms with E-state index in [0.717, 1.165) is 22.5 Å². The molecule has 0 aliphatic carbocycles. The van der Waals surface area contributed by atoms with E-state index in [4.69, 9.17) is 0 Å². The first-order valence-electron chi connectivity index (χ1n) is 7.80. The van der Waals surface area contributed by atoms with Gasteiger partial charge < -0.3 is 0 Å². The highest BCUT2D eigenvalue weighted by Crippen LogP contribution is 2.19. The number of halogens is 2. The molecule has 5 nitrogen and oxygen atoms in total. The summed E-state index contributed by atoms with van der Waals surface area (Å²) in [6, 6.07) is 10.8. The summed E-state index contributed by atoms with van der Waals surface area (Å²) in [5.74, 6) is -1.68. The summed E-state index contributed by atoms with van der Waals surface area (Å²) in [6.07, 6.45) is 0. The number of aromatic nitrogens is 4. The number of benzene rings is 2. The Hall–Kier alpha value is -2.96. The standard InChI is InChI=1S/C18H16F2N4O/c1-11(2)12-3-5-13(6-4-12)18-21-23-24(22-18)10-17(25)14-7-8-15(19)16(20)9-14/h3-9,11H,10H2,1-2H3. The Balaban J connectivity index is 1.74.